The van der Waals surface area contributed by atoms with Crippen molar-refractivity contribution >= 4 is 17.5 Å². The molecule has 2 N–H and O–H groups in total. The molecule has 6 nitrogen and oxygen atoms in total. The first kappa shape index (κ1) is 24.4. The second-order valence-electron chi connectivity index (χ2n) is 7.42. The SMILES string of the molecule is CCCCCCCOc1ccc(C(=O)Nc2cccc(C(=O)NCCCOC)c2)cc1. The van der Waals surface area contributed by atoms with Crippen LogP contribution in [0.1, 0.15) is 66.2 Å². The first-order chi connectivity index (χ1) is 15.1. The summed E-state index contributed by atoms with van der Waals surface area (Å²) in [5.41, 5.74) is 1.60. The minimum Gasteiger partial charge on any atom is -0.494 e. The minimum atomic E-state index is -0.233. The van der Waals surface area contributed by atoms with Gasteiger partial charge in [-0.3, -0.25) is 9.59 Å². The van der Waals surface area contributed by atoms with E-state index in [1.54, 1.807) is 43.5 Å². The summed E-state index contributed by atoms with van der Waals surface area (Å²) in [6.45, 7) is 4.03. The molecule has 2 rings (SSSR count). The summed E-state index contributed by atoms with van der Waals surface area (Å²) in [6.07, 6.45) is 6.71. The zero-order chi connectivity index (χ0) is 22.3. The first-order valence-corrected chi connectivity index (χ1v) is 11.1. The topological polar surface area (TPSA) is 76.7 Å². The third kappa shape index (κ3) is 9.22. The number of nitrogens with one attached hydrogen (secondary N) is 2. The molecular formula is C25H34N2O4. The van der Waals surface area contributed by atoms with Crippen molar-refractivity contribution in [3.05, 3.63) is 59.7 Å². The van der Waals surface area contributed by atoms with Gasteiger partial charge in [-0.2, -0.15) is 0 Å². The summed E-state index contributed by atoms with van der Waals surface area (Å²) in [5, 5.41) is 5.68. The summed E-state index contributed by atoms with van der Waals surface area (Å²) in [6, 6.07) is 14.0. The lowest BCUT2D eigenvalue weighted by Gasteiger charge is -2.09. The van der Waals surface area contributed by atoms with Crippen LogP contribution in [0.2, 0.25) is 0 Å². The second kappa shape index (κ2) is 14.2. The standard InChI is InChI=1S/C25H34N2O4/c1-3-4-5-6-7-18-31-23-14-12-20(13-15-23)25(29)27-22-11-8-10-21(19-22)24(28)26-16-9-17-30-2/h8,10-15,19H,3-7,9,16-18H2,1-2H3,(H,26,28)(H,27,29). The number of unbranched alkanes of at least 4 members (excludes halogenated alkanes) is 4. The maximum Gasteiger partial charge on any atom is 0.255 e. The molecule has 31 heavy (non-hydrogen) atoms. The van der Waals surface area contributed by atoms with Gasteiger partial charge in [0.15, 0.2) is 0 Å². The zero-order valence-corrected chi connectivity index (χ0v) is 18.6. The Hall–Kier alpha value is -2.86. The molecule has 2 aromatic rings. The van der Waals surface area contributed by atoms with E-state index >= 15 is 0 Å². The molecule has 0 saturated carbocycles. The lowest BCUT2D eigenvalue weighted by molar-refractivity contribution is 0.0947. The quantitative estimate of drug-likeness (QED) is 0.414. The van der Waals surface area contributed by atoms with Crippen LogP contribution >= 0.6 is 0 Å². The number of hydrogen-bond acceptors (Lipinski definition) is 4. The molecule has 0 aromatic heterocycles. The average Bonchev–Trinajstić information content (AvgIpc) is 2.79. The van der Waals surface area contributed by atoms with Gasteiger partial charge < -0.3 is 20.1 Å². The van der Waals surface area contributed by atoms with E-state index in [1.165, 1.54) is 25.7 Å². The highest BCUT2D eigenvalue weighted by molar-refractivity contribution is 6.05. The minimum absolute atomic E-state index is 0.177. The largest absolute Gasteiger partial charge is 0.494 e. The number of ether oxygens (including phenoxy) is 2. The molecule has 0 fully saturated rings. The molecule has 0 radical (unpaired) electrons. The van der Waals surface area contributed by atoms with Crippen LogP contribution in [-0.2, 0) is 4.74 Å². The number of anilines is 1. The zero-order valence-electron chi connectivity index (χ0n) is 18.6. The molecule has 0 bridgehead atoms. The van der Waals surface area contributed by atoms with Crippen LogP contribution in [0.25, 0.3) is 0 Å². The van der Waals surface area contributed by atoms with E-state index in [0.717, 1.165) is 18.6 Å². The smallest absolute Gasteiger partial charge is 0.255 e. The molecule has 2 aromatic carbocycles. The van der Waals surface area contributed by atoms with Crippen molar-refractivity contribution in [2.75, 3.05) is 32.2 Å². The number of hydrogen-bond donors (Lipinski definition) is 2. The Kier molecular flexibility index (Phi) is 11.2. The predicted octanol–water partition coefficient (Wildman–Crippen LogP) is 5.05. The van der Waals surface area contributed by atoms with E-state index in [4.69, 9.17) is 9.47 Å². The molecular weight excluding hydrogens is 392 g/mol. The molecule has 6 heteroatoms. The Morgan fingerprint density at radius 1 is 0.839 bits per heavy atom. The molecule has 0 aliphatic rings. The lowest BCUT2D eigenvalue weighted by Crippen LogP contribution is -2.25. The number of methoxy groups -OCH3 is 1. The van der Waals surface area contributed by atoms with Gasteiger partial charge in [-0.25, -0.2) is 0 Å². The summed E-state index contributed by atoms with van der Waals surface area (Å²) in [4.78, 5) is 24.8. The molecule has 168 valence electrons. The summed E-state index contributed by atoms with van der Waals surface area (Å²) >= 11 is 0. The van der Waals surface area contributed by atoms with Gasteiger partial charge in [-0.1, -0.05) is 38.7 Å². The van der Waals surface area contributed by atoms with Crippen LogP contribution in [0.4, 0.5) is 5.69 Å². The predicted molar refractivity (Wildman–Crippen MR) is 124 cm³/mol. The summed E-state index contributed by atoms with van der Waals surface area (Å²) < 4.78 is 10.7. The summed E-state index contributed by atoms with van der Waals surface area (Å²) in [5.74, 6) is 0.353. The van der Waals surface area contributed by atoms with Crippen molar-refractivity contribution < 1.29 is 19.1 Å². The van der Waals surface area contributed by atoms with Crippen LogP contribution in [0.5, 0.6) is 5.75 Å². The number of carbonyl (C=O) groups is 2. The highest BCUT2D eigenvalue weighted by Crippen LogP contribution is 2.16. The van der Waals surface area contributed by atoms with Gasteiger partial charge in [-0.05, 0) is 55.3 Å². The van der Waals surface area contributed by atoms with Crippen molar-refractivity contribution in [3.8, 4) is 5.75 Å². The molecule has 2 amide bonds. The fraction of sp³-hybridized carbons (Fsp3) is 0.440. The van der Waals surface area contributed by atoms with Crippen molar-refractivity contribution in [2.45, 2.75) is 45.4 Å². The molecule has 0 unspecified atom stereocenters. The van der Waals surface area contributed by atoms with Gasteiger partial charge in [0, 0.05) is 37.1 Å². The van der Waals surface area contributed by atoms with Gasteiger partial charge in [-0.15, -0.1) is 0 Å². The number of rotatable bonds is 14. The Morgan fingerprint density at radius 2 is 1.61 bits per heavy atom. The van der Waals surface area contributed by atoms with Crippen LogP contribution in [0.3, 0.4) is 0 Å². The van der Waals surface area contributed by atoms with Gasteiger partial charge in [0.2, 0.25) is 0 Å². The number of carbonyl (C=O) groups excluding carboxylic acids is 2. The molecule has 0 saturated heterocycles. The fourth-order valence-electron chi connectivity index (χ4n) is 3.06. The van der Waals surface area contributed by atoms with E-state index in [9.17, 15) is 9.59 Å². The first-order valence-electron chi connectivity index (χ1n) is 11.1. The van der Waals surface area contributed by atoms with E-state index in [0.29, 0.717) is 36.6 Å². The van der Waals surface area contributed by atoms with Crippen LogP contribution in [0, 0.1) is 0 Å². The molecule has 0 atom stereocenters. The Bertz CT molecular complexity index is 805. The maximum absolute atomic E-state index is 12.5. The highest BCUT2D eigenvalue weighted by Gasteiger charge is 2.09. The molecule has 0 spiro atoms. The average molecular weight is 427 g/mol. The fourth-order valence-corrected chi connectivity index (χ4v) is 3.06. The van der Waals surface area contributed by atoms with Crippen LogP contribution < -0.4 is 15.4 Å². The number of benzene rings is 2. The van der Waals surface area contributed by atoms with Gasteiger partial charge >= 0.3 is 0 Å². The lowest BCUT2D eigenvalue weighted by atomic mass is 10.1. The van der Waals surface area contributed by atoms with E-state index in [1.807, 2.05) is 12.1 Å². The van der Waals surface area contributed by atoms with E-state index in [-0.39, 0.29) is 11.8 Å². The van der Waals surface area contributed by atoms with E-state index < -0.39 is 0 Å². The highest BCUT2D eigenvalue weighted by atomic mass is 16.5. The van der Waals surface area contributed by atoms with E-state index in [2.05, 4.69) is 17.6 Å². The second-order valence-corrected chi connectivity index (χ2v) is 7.42. The van der Waals surface area contributed by atoms with Gasteiger partial charge in [0.1, 0.15) is 5.75 Å². The maximum atomic E-state index is 12.5. The van der Waals surface area contributed by atoms with Crippen molar-refractivity contribution in [3.63, 3.8) is 0 Å². The Balaban J connectivity index is 1.82. The molecule has 0 aliphatic carbocycles. The Labute approximate surface area is 185 Å². The summed E-state index contributed by atoms with van der Waals surface area (Å²) in [7, 11) is 1.63. The molecule has 0 heterocycles. The van der Waals surface area contributed by atoms with Crippen molar-refractivity contribution in [1.82, 2.24) is 5.32 Å². The third-order valence-corrected chi connectivity index (χ3v) is 4.83. The third-order valence-electron chi connectivity index (χ3n) is 4.83. The van der Waals surface area contributed by atoms with Crippen LogP contribution in [0.15, 0.2) is 48.5 Å². The Morgan fingerprint density at radius 3 is 2.35 bits per heavy atom. The van der Waals surface area contributed by atoms with Crippen LogP contribution in [-0.4, -0.2) is 38.7 Å². The van der Waals surface area contributed by atoms with Crippen molar-refractivity contribution in [2.24, 2.45) is 0 Å². The molecule has 0 aliphatic heterocycles. The monoisotopic (exact) mass is 426 g/mol. The normalized spacial score (nSPS) is 10.5. The van der Waals surface area contributed by atoms with Crippen molar-refractivity contribution in [1.29, 1.82) is 0 Å². The van der Waals surface area contributed by atoms with Gasteiger partial charge in [0.05, 0.1) is 6.61 Å². The van der Waals surface area contributed by atoms with Gasteiger partial charge in [0.25, 0.3) is 11.8 Å². The number of amides is 2.